The van der Waals surface area contributed by atoms with E-state index in [9.17, 15) is 14.0 Å². The molecule has 12 nitrogen and oxygen atoms in total. The largest absolute Gasteiger partial charge is 0.465 e. The number of halogens is 1. The average molecular weight is 813 g/mol. The third-order valence-corrected chi connectivity index (χ3v) is 8.35. The molecule has 0 aliphatic carbocycles. The molecule has 6 aromatic heterocycles. The normalized spacial score (nSPS) is 10.4. The van der Waals surface area contributed by atoms with Gasteiger partial charge in [0, 0.05) is 95.0 Å². The molecule has 0 saturated carbocycles. The van der Waals surface area contributed by atoms with Crippen molar-refractivity contribution < 1.29 is 20.1 Å². The molecule has 0 aromatic carbocycles. The summed E-state index contributed by atoms with van der Waals surface area (Å²) in [6.07, 6.45) is 15.0. The molecule has 0 atom stereocenters. The molecule has 0 fully saturated rings. The van der Waals surface area contributed by atoms with Gasteiger partial charge in [-0.3, -0.25) is 48.9 Å². The number of nitrogens with two attached hydrogens (primary N) is 1. The van der Waals surface area contributed by atoms with Crippen LogP contribution >= 0.6 is 0 Å². The maximum Gasteiger partial charge on any atom is 0.339 e. The predicted octanol–water partition coefficient (Wildman–Crippen LogP) is 7.80. The highest BCUT2D eigenvalue weighted by atomic mass is 19.1. The van der Waals surface area contributed by atoms with Crippen molar-refractivity contribution in [3.8, 4) is 0 Å². The Labute approximate surface area is 354 Å². The van der Waals surface area contributed by atoms with Crippen molar-refractivity contribution in [2.45, 2.75) is 52.1 Å². The van der Waals surface area contributed by atoms with Crippen molar-refractivity contribution in [1.29, 1.82) is 0 Å². The van der Waals surface area contributed by atoms with Gasteiger partial charge >= 0.3 is 5.97 Å². The number of Topliss-reactive ketones (excluding diaryl/α,β-unsaturated/α-hetero) is 1. The second-order valence-electron chi connectivity index (χ2n) is 12.9. The number of methoxy groups -OCH3 is 1. The van der Waals surface area contributed by atoms with Gasteiger partial charge in [-0.15, -0.1) is 13.2 Å². The molecule has 312 valence electrons. The summed E-state index contributed by atoms with van der Waals surface area (Å²) in [7, 11) is 0.359. The number of esters is 1. The van der Waals surface area contributed by atoms with Gasteiger partial charge in [-0.1, -0.05) is 36.4 Å². The topological polar surface area (TPSA) is 153 Å². The lowest BCUT2D eigenvalue weighted by Crippen LogP contribution is -2.24. The van der Waals surface area contributed by atoms with E-state index in [0.29, 0.717) is 69.8 Å². The Kier molecular flexibility index (Phi) is 22.0. The van der Waals surface area contributed by atoms with Crippen LogP contribution in [0.2, 0.25) is 0 Å². The number of ketones is 1. The second-order valence-corrected chi connectivity index (χ2v) is 12.9. The molecule has 0 aliphatic heterocycles. The summed E-state index contributed by atoms with van der Waals surface area (Å²) < 4.78 is 20.2. The average Bonchev–Trinajstić information content (AvgIpc) is 3.30. The zero-order valence-corrected chi connectivity index (χ0v) is 34.1. The third-order valence-electron chi connectivity index (χ3n) is 8.35. The van der Waals surface area contributed by atoms with Crippen LogP contribution in [0.25, 0.3) is 0 Å². The molecule has 0 spiro atoms. The summed E-state index contributed by atoms with van der Waals surface area (Å²) >= 11 is 0. The number of carbonyl (C=O) groups is 2. The Hall–Kier alpha value is -6.67. The molecule has 6 rings (SSSR count). The number of rotatable bonds is 18. The summed E-state index contributed by atoms with van der Waals surface area (Å²) in [5.74, 6) is -0.291. The van der Waals surface area contributed by atoms with E-state index < -0.39 is 7.15 Å². The Morgan fingerprint density at radius 3 is 1.23 bits per heavy atom. The molecule has 13 heteroatoms. The predicted molar refractivity (Wildman–Crippen MR) is 233 cm³/mol. The van der Waals surface area contributed by atoms with E-state index in [-0.39, 0.29) is 11.8 Å². The van der Waals surface area contributed by atoms with Crippen LogP contribution in [-0.2, 0) is 44.0 Å². The van der Waals surface area contributed by atoms with Gasteiger partial charge in [-0.25, -0.2) is 4.79 Å². The lowest BCUT2D eigenvalue weighted by Gasteiger charge is -2.21. The molecule has 0 aliphatic rings. The molecular formula is C47H54FN9O3. The van der Waals surface area contributed by atoms with E-state index in [1.54, 1.807) is 55.4 Å². The minimum Gasteiger partial charge on any atom is -0.465 e. The van der Waals surface area contributed by atoms with Gasteiger partial charge in [0.15, 0.2) is 5.78 Å². The highest BCUT2D eigenvalue weighted by Gasteiger charge is 2.14. The molecule has 0 amide bonds. The number of hydrogen-bond acceptors (Lipinski definition) is 12. The molecular weight excluding hydrogens is 758 g/mol. The van der Waals surface area contributed by atoms with Crippen molar-refractivity contribution in [2.75, 3.05) is 20.8 Å². The molecule has 0 unspecified atom stereocenters. The summed E-state index contributed by atoms with van der Waals surface area (Å²) in [6.45, 7) is 11.6. The van der Waals surface area contributed by atoms with Crippen LogP contribution in [0.1, 0.15) is 69.1 Å². The number of aromatic nitrogens is 6. The van der Waals surface area contributed by atoms with Crippen LogP contribution < -0.4 is 5.73 Å². The fraction of sp³-hybridized carbons (Fsp3) is 0.234. The first-order valence-electron chi connectivity index (χ1n) is 19.9. The second kappa shape index (κ2) is 28.7. The summed E-state index contributed by atoms with van der Waals surface area (Å²) in [6, 6.07) is 30.9. The van der Waals surface area contributed by atoms with E-state index in [4.69, 9.17) is 11.8 Å². The van der Waals surface area contributed by atoms with Crippen LogP contribution in [0.4, 0.5) is 4.39 Å². The number of hydrogen-bond donors (Lipinski definition) is 1. The first-order chi connectivity index (χ1) is 29.8. The Bertz CT molecular complexity index is 2020. The van der Waals surface area contributed by atoms with E-state index in [1.165, 1.54) is 7.11 Å². The van der Waals surface area contributed by atoms with Gasteiger partial charge in [0.2, 0.25) is 0 Å². The molecule has 0 radical (unpaired) electrons. The maximum absolute atomic E-state index is 12.1. The van der Waals surface area contributed by atoms with Crippen molar-refractivity contribution in [3.05, 3.63) is 205 Å². The summed E-state index contributed by atoms with van der Waals surface area (Å²) in [5.41, 5.74) is 11.7. The van der Waals surface area contributed by atoms with Gasteiger partial charge in [0.1, 0.15) is 0 Å². The van der Waals surface area contributed by atoms with Crippen LogP contribution in [0.5, 0.6) is 0 Å². The van der Waals surface area contributed by atoms with E-state index in [0.717, 1.165) is 34.2 Å². The first-order valence-corrected chi connectivity index (χ1v) is 19.1. The van der Waals surface area contributed by atoms with Gasteiger partial charge in [0.25, 0.3) is 0 Å². The van der Waals surface area contributed by atoms with Crippen molar-refractivity contribution >= 4 is 11.8 Å². The standard InChI is InChI=1S/C23H24N4O.C20H20N4O2.C3H7N.CH3F/c1-2-3-10-23(28)19-11-12-22(26-15-19)18-27(16-20-8-4-6-13-24-20)17-21-9-5-7-14-25-21;1-26-20(25)16-8-9-19(23-12-16)15-24(13-17-6-2-4-10-21-17)14-18-7-3-5-11-22-18;1-2-3-4;1-2/h2,4-9,11-15H,1,3,10,16-18H2;2-12H,13-15H2,1H3;2H,1,3-4H2;1H3/i;;;1D. The van der Waals surface area contributed by atoms with Gasteiger partial charge in [-0.2, -0.15) is 0 Å². The SMILES string of the molecule is C=CCCC(=O)c1ccc(CN(Cc2ccccn2)Cc2ccccn2)nc1.C=CCN.COC(=O)c1ccc(CN(Cc2ccccn2)Cc2ccccn2)nc1.[2H]CF. The maximum atomic E-state index is 12.1. The fourth-order valence-electron chi connectivity index (χ4n) is 5.49. The lowest BCUT2D eigenvalue weighted by molar-refractivity contribution is 0.0600. The van der Waals surface area contributed by atoms with Gasteiger partial charge < -0.3 is 10.5 Å². The Morgan fingerprint density at radius 1 is 0.617 bits per heavy atom. The zero-order valence-electron chi connectivity index (χ0n) is 35.1. The van der Waals surface area contributed by atoms with Crippen LogP contribution in [0.15, 0.2) is 160 Å². The first kappa shape index (κ1) is 46.0. The molecule has 0 bridgehead atoms. The Morgan fingerprint density at radius 2 is 0.967 bits per heavy atom. The van der Waals surface area contributed by atoms with Crippen molar-refractivity contribution in [2.24, 2.45) is 5.73 Å². The molecule has 6 heterocycles. The number of pyridine rings is 6. The van der Waals surface area contributed by atoms with Crippen LogP contribution in [0, 0.1) is 0 Å². The number of ether oxygens (including phenoxy) is 1. The molecule has 0 saturated heterocycles. The van der Waals surface area contributed by atoms with Crippen molar-refractivity contribution in [1.82, 2.24) is 39.7 Å². The lowest BCUT2D eigenvalue weighted by atomic mass is 10.1. The number of alkyl halides is 1. The van der Waals surface area contributed by atoms with Crippen LogP contribution in [0.3, 0.4) is 0 Å². The van der Waals surface area contributed by atoms with E-state index in [2.05, 4.69) is 52.9 Å². The monoisotopic (exact) mass is 812 g/mol. The molecule has 6 aromatic rings. The third kappa shape index (κ3) is 18.3. The summed E-state index contributed by atoms with van der Waals surface area (Å²) in [5, 5.41) is 0. The summed E-state index contributed by atoms with van der Waals surface area (Å²) in [4.78, 5) is 54.7. The zero-order chi connectivity index (χ0) is 43.9. The van der Waals surface area contributed by atoms with Gasteiger partial charge in [-0.05, 0) is 79.2 Å². The smallest absolute Gasteiger partial charge is 0.339 e. The number of allylic oxidation sites excluding steroid dienone is 1. The molecule has 2 N–H and O–H groups in total. The van der Waals surface area contributed by atoms with E-state index in [1.807, 2.05) is 91.0 Å². The fourth-order valence-corrected chi connectivity index (χ4v) is 5.49. The minimum absolute atomic E-state index is 0.0952. The highest BCUT2D eigenvalue weighted by Crippen LogP contribution is 2.14. The highest BCUT2D eigenvalue weighted by molar-refractivity contribution is 5.95. The quantitative estimate of drug-likeness (QED) is 0.0512. The molecule has 60 heavy (non-hydrogen) atoms. The number of nitrogens with zero attached hydrogens (tertiary/aromatic N) is 8. The van der Waals surface area contributed by atoms with Crippen molar-refractivity contribution in [3.63, 3.8) is 0 Å². The minimum atomic E-state index is -1.00. The number of carbonyl (C=O) groups excluding carboxylic acids is 2. The van der Waals surface area contributed by atoms with Crippen LogP contribution in [-0.4, -0.2) is 72.3 Å². The van der Waals surface area contributed by atoms with E-state index >= 15 is 0 Å². The Balaban J connectivity index is 0.000000283. The van der Waals surface area contributed by atoms with Gasteiger partial charge in [0.05, 0.1) is 55.4 Å².